The van der Waals surface area contributed by atoms with E-state index in [-0.39, 0.29) is 23.6 Å². The highest BCUT2D eigenvalue weighted by molar-refractivity contribution is 6.29. The fraction of sp³-hybridized carbons (Fsp3) is 0.312. The highest BCUT2D eigenvalue weighted by Gasteiger charge is 2.14. The fourth-order valence-electron chi connectivity index (χ4n) is 1.90. The second-order valence-corrected chi connectivity index (χ2v) is 5.44. The van der Waals surface area contributed by atoms with Crippen LogP contribution in [0.25, 0.3) is 0 Å². The molecule has 0 bridgehead atoms. The quantitative estimate of drug-likeness (QED) is 0.856. The number of aliphatic hydroxyl groups is 1. The van der Waals surface area contributed by atoms with Gasteiger partial charge >= 0.3 is 0 Å². The lowest BCUT2D eigenvalue weighted by Crippen LogP contribution is -2.28. The average molecular weight is 324 g/mol. The Morgan fingerprint density at radius 3 is 2.77 bits per heavy atom. The van der Waals surface area contributed by atoms with E-state index in [4.69, 9.17) is 20.8 Å². The van der Waals surface area contributed by atoms with Crippen LogP contribution < -0.4 is 10.1 Å². The van der Waals surface area contributed by atoms with E-state index >= 15 is 0 Å². The molecule has 1 heterocycles. The molecule has 0 saturated heterocycles. The molecule has 0 aliphatic carbocycles. The zero-order valence-corrected chi connectivity index (χ0v) is 13.1. The van der Waals surface area contributed by atoms with Gasteiger partial charge in [0, 0.05) is 6.54 Å². The van der Waals surface area contributed by atoms with E-state index in [2.05, 4.69) is 5.32 Å². The third kappa shape index (κ3) is 4.51. The number of ether oxygens (including phenoxy) is 1. The smallest absolute Gasteiger partial charge is 0.287 e. The van der Waals surface area contributed by atoms with Crippen molar-refractivity contribution in [3.63, 3.8) is 0 Å². The van der Waals surface area contributed by atoms with Crippen molar-refractivity contribution in [3.8, 4) is 5.75 Å². The van der Waals surface area contributed by atoms with Gasteiger partial charge < -0.3 is 19.6 Å². The van der Waals surface area contributed by atoms with Gasteiger partial charge in [0.25, 0.3) is 5.91 Å². The van der Waals surface area contributed by atoms with Gasteiger partial charge in [-0.15, -0.1) is 0 Å². The molecule has 0 fully saturated rings. The Kier molecular flexibility index (Phi) is 5.46. The molecular formula is C16H18ClNO4. The van der Waals surface area contributed by atoms with Crippen LogP contribution >= 0.6 is 11.6 Å². The number of amides is 1. The Morgan fingerprint density at radius 2 is 2.14 bits per heavy atom. The number of halogens is 1. The van der Waals surface area contributed by atoms with E-state index in [0.29, 0.717) is 11.3 Å². The first kappa shape index (κ1) is 16.4. The lowest BCUT2D eigenvalue weighted by molar-refractivity contribution is 0.0889. The molecule has 22 heavy (non-hydrogen) atoms. The molecule has 118 valence electrons. The fourth-order valence-corrected chi connectivity index (χ4v) is 2.04. The number of nitrogens with one attached hydrogen (secondary N) is 1. The van der Waals surface area contributed by atoms with Crippen LogP contribution in [0.3, 0.4) is 0 Å². The summed E-state index contributed by atoms with van der Waals surface area (Å²) < 4.78 is 10.6. The number of furan rings is 1. The monoisotopic (exact) mass is 323 g/mol. The molecule has 6 heteroatoms. The second kappa shape index (κ2) is 7.33. The summed E-state index contributed by atoms with van der Waals surface area (Å²) >= 11 is 5.61. The number of hydrogen-bond acceptors (Lipinski definition) is 4. The Labute approximate surface area is 133 Å². The minimum atomic E-state index is -0.843. The first-order valence-corrected chi connectivity index (χ1v) is 7.31. The molecule has 2 N–H and O–H groups in total. The van der Waals surface area contributed by atoms with Gasteiger partial charge in [0.15, 0.2) is 11.0 Å². The molecule has 0 aliphatic heterocycles. The molecule has 0 aliphatic rings. The Hall–Kier alpha value is -1.98. The topological polar surface area (TPSA) is 71.7 Å². The largest absolute Gasteiger partial charge is 0.491 e. The van der Waals surface area contributed by atoms with Gasteiger partial charge in [0.05, 0.1) is 12.2 Å². The standard InChI is InChI=1S/C16H18ClNO4/c1-10(2)21-12-5-3-4-11(8-12)13(19)9-18-16(20)14-6-7-15(17)22-14/h3-8,10,13,19H,9H2,1-2H3,(H,18,20). The first-order valence-electron chi connectivity index (χ1n) is 6.94. The van der Waals surface area contributed by atoms with Crippen LogP contribution in [0.2, 0.25) is 5.22 Å². The number of carbonyl (C=O) groups excluding carboxylic acids is 1. The lowest BCUT2D eigenvalue weighted by atomic mass is 10.1. The summed E-state index contributed by atoms with van der Waals surface area (Å²) in [6.07, 6.45) is -0.791. The molecule has 2 aromatic rings. The van der Waals surface area contributed by atoms with Crippen molar-refractivity contribution in [2.24, 2.45) is 0 Å². The predicted octanol–water partition coefficient (Wildman–Crippen LogP) is 3.18. The van der Waals surface area contributed by atoms with Crippen LogP contribution in [0.15, 0.2) is 40.8 Å². The number of aliphatic hydroxyl groups excluding tert-OH is 1. The Balaban J connectivity index is 1.94. The number of hydrogen-bond donors (Lipinski definition) is 2. The van der Waals surface area contributed by atoms with Crippen LogP contribution in [0.4, 0.5) is 0 Å². The van der Waals surface area contributed by atoms with Crippen molar-refractivity contribution in [3.05, 3.63) is 52.9 Å². The van der Waals surface area contributed by atoms with E-state index in [1.54, 1.807) is 18.2 Å². The number of rotatable bonds is 6. The third-order valence-electron chi connectivity index (χ3n) is 2.87. The van der Waals surface area contributed by atoms with E-state index < -0.39 is 12.0 Å². The maximum Gasteiger partial charge on any atom is 0.287 e. The van der Waals surface area contributed by atoms with Gasteiger partial charge in [-0.3, -0.25) is 4.79 Å². The van der Waals surface area contributed by atoms with Gasteiger partial charge in [-0.1, -0.05) is 12.1 Å². The zero-order valence-electron chi connectivity index (χ0n) is 12.4. The van der Waals surface area contributed by atoms with E-state index in [0.717, 1.165) is 0 Å². The summed E-state index contributed by atoms with van der Waals surface area (Å²) in [5.74, 6) is 0.352. The molecule has 0 saturated carbocycles. The Bertz CT molecular complexity index is 639. The normalized spacial score (nSPS) is 12.2. The van der Waals surface area contributed by atoms with Gasteiger partial charge in [0.2, 0.25) is 0 Å². The zero-order chi connectivity index (χ0) is 16.1. The van der Waals surface area contributed by atoms with Crippen LogP contribution in [0.5, 0.6) is 5.75 Å². The summed E-state index contributed by atoms with van der Waals surface area (Å²) in [6.45, 7) is 3.91. The van der Waals surface area contributed by atoms with Crippen molar-refractivity contribution in [2.45, 2.75) is 26.1 Å². The van der Waals surface area contributed by atoms with Crippen molar-refractivity contribution >= 4 is 17.5 Å². The molecule has 0 radical (unpaired) electrons. The summed E-state index contributed by atoms with van der Waals surface area (Å²) in [7, 11) is 0. The third-order valence-corrected chi connectivity index (χ3v) is 3.07. The molecule has 1 amide bonds. The maximum absolute atomic E-state index is 11.8. The lowest BCUT2D eigenvalue weighted by Gasteiger charge is -2.14. The average Bonchev–Trinajstić information content (AvgIpc) is 2.90. The minimum Gasteiger partial charge on any atom is -0.491 e. The van der Waals surface area contributed by atoms with Crippen LogP contribution in [0, 0.1) is 0 Å². The summed E-state index contributed by atoms with van der Waals surface area (Å²) in [4.78, 5) is 11.8. The highest BCUT2D eigenvalue weighted by Crippen LogP contribution is 2.20. The van der Waals surface area contributed by atoms with Gasteiger partial charge in [-0.2, -0.15) is 0 Å². The maximum atomic E-state index is 11.8. The SMILES string of the molecule is CC(C)Oc1cccc(C(O)CNC(=O)c2ccc(Cl)o2)c1. The van der Waals surface area contributed by atoms with Gasteiger partial charge in [0.1, 0.15) is 5.75 Å². The molecule has 5 nitrogen and oxygen atoms in total. The predicted molar refractivity (Wildman–Crippen MR) is 83.2 cm³/mol. The van der Waals surface area contributed by atoms with Crippen molar-refractivity contribution in [2.75, 3.05) is 6.54 Å². The summed E-state index contributed by atoms with van der Waals surface area (Å²) in [6, 6.07) is 10.1. The minimum absolute atomic E-state index is 0.0517. The van der Waals surface area contributed by atoms with E-state index in [1.807, 2.05) is 19.9 Å². The molecule has 1 unspecified atom stereocenters. The Morgan fingerprint density at radius 1 is 1.36 bits per heavy atom. The highest BCUT2D eigenvalue weighted by atomic mass is 35.5. The van der Waals surface area contributed by atoms with E-state index in [9.17, 15) is 9.90 Å². The summed E-state index contributed by atoms with van der Waals surface area (Å²) in [5, 5.41) is 12.9. The molecule has 2 rings (SSSR count). The van der Waals surface area contributed by atoms with Gasteiger partial charge in [-0.25, -0.2) is 0 Å². The molecule has 1 aromatic carbocycles. The molecule has 1 atom stereocenters. The van der Waals surface area contributed by atoms with Crippen molar-refractivity contribution in [1.82, 2.24) is 5.32 Å². The summed E-state index contributed by atoms with van der Waals surface area (Å²) in [5.41, 5.74) is 0.663. The van der Waals surface area contributed by atoms with Crippen molar-refractivity contribution < 1.29 is 19.1 Å². The number of benzene rings is 1. The number of carbonyl (C=O) groups is 1. The van der Waals surface area contributed by atoms with Crippen LogP contribution in [-0.2, 0) is 0 Å². The van der Waals surface area contributed by atoms with E-state index in [1.165, 1.54) is 12.1 Å². The molecule has 1 aromatic heterocycles. The molecular weight excluding hydrogens is 306 g/mol. The van der Waals surface area contributed by atoms with Crippen LogP contribution in [-0.4, -0.2) is 23.7 Å². The van der Waals surface area contributed by atoms with Gasteiger partial charge in [-0.05, 0) is 55.3 Å². The first-order chi connectivity index (χ1) is 10.5. The van der Waals surface area contributed by atoms with Crippen molar-refractivity contribution in [1.29, 1.82) is 0 Å². The van der Waals surface area contributed by atoms with Crippen LogP contribution in [0.1, 0.15) is 36.1 Å². The second-order valence-electron chi connectivity index (χ2n) is 5.07. The molecule has 0 spiro atoms.